The van der Waals surface area contributed by atoms with Crippen LogP contribution in [0.15, 0.2) is 42.5 Å². The van der Waals surface area contributed by atoms with Crippen LogP contribution in [0.4, 0.5) is 15.0 Å². The number of aromatic hydroxyl groups is 1. The zero-order valence-corrected chi connectivity index (χ0v) is 17.6. The fraction of sp³-hybridized carbons (Fsp3) is 0.348. The van der Waals surface area contributed by atoms with Gasteiger partial charge in [-0.2, -0.15) is 0 Å². The maximum absolute atomic E-state index is 14.2. The standard InChI is InChI=1S/C23H25FN4O3/c1-23(2,3)19-17(26-22(30)31)10-11-28(19)21-15-12-13(24)8-9-16(15)25-20(27-21)14-6-4-5-7-18(14)29/h4-9,12,17,19,26,29H,10-11H2,1-3H3,(H,30,31). The lowest BCUT2D eigenvalue weighted by molar-refractivity contribution is 0.182. The predicted molar refractivity (Wildman–Crippen MR) is 117 cm³/mol. The van der Waals surface area contributed by atoms with Crippen molar-refractivity contribution in [1.29, 1.82) is 0 Å². The van der Waals surface area contributed by atoms with Gasteiger partial charge in [-0.1, -0.05) is 32.9 Å². The number of nitrogens with zero attached hydrogens (tertiary/aromatic N) is 3. The molecular formula is C23H25FN4O3. The van der Waals surface area contributed by atoms with Crippen LogP contribution in [-0.4, -0.2) is 44.9 Å². The third kappa shape index (κ3) is 3.97. The Bertz CT molecular complexity index is 1150. The molecule has 0 bridgehead atoms. The van der Waals surface area contributed by atoms with Gasteiger partial charge in [0.1, 0.15) is 17.4 Å². The number of rotatable bonds is 3. The number of hydrogen-bond donors (Lipinski definition) is 3. The molecule has 1 amide bonds. The zero-order chi connectivity index (χ0) is 22.3. The molecule has 7 nitrogen and oxygen atoms in total. The summed E-state index contributed by atoms with van der Waals surface area (Å²) in [5.41, 5.74) is 0.733. The largest absolute Gasteiger partial charge is 0.507 e. The van der Waals surface area contributed by atoms with Crippen LogP contribution in [0.1, 0.15) is 27.2 Å². The van der Waals surface area contributed by atoms with E-state index in [-0.39, 0.29) is 23.2 Å². The Labute approximate surface area is 179 Å². The first-order valence-corrected chi connectivity index (χ1v) is 10.2. The number of halogens is 1. The number of hydrogen-bond acceptors (Lipinski definition) is 5. The highest BCUT2D eigenvalue weighted by molar-refractivity contribution is 5.92. The molecule has 1 aromatic heterocycles. The number of phenolic OH excluding ortho intramolecular Hbond substituents is 1. The molecular weight excluding hydrogens is 399 g/mol. The average Bonchev–Trinajstić information content (AvgIpc) is 3.10. The molecule has 1 aliphatic heterocycles. The van der Waals surface area contributed by atoms with E-state index in [1.807, 2.05) is 25.7 Å². The van der Waals surface area contributed by atoms with E-state index < -0.39 is 11.9 Å². The summed E-state index contributed by atoms with van der Waals surface area (Å²) in [7, 11) is 0. The SMILES string of the molecule is CC(C)(C)C1C(NC(=O)O)CCN1c1nc(-c2ccccc2O)nc2ccc(F)cc12. The Morgan fingerprint density at radius 2 is 1.94 bits per heavy atom. The van der Waals surface area contributed by atoms with E-state index in [0.29, 0.717) is 41.1 Å². The van der Waals surface area contributed by atoms with E-state index in [2.05, 4.69) is 10.3 Å². The first-order valence-electron chi connectivity index (χ1n) is 10.2. The van der Waals surface area contributed by atoms with Gasteiger partial charge >= 0.3 is 6.09 Å². The second-order valence-corrected chi connectivity index (χ2v) is 8.90. The van der Waals surface area contributed by atoms with Gasteiger partial charge < -0.3 is 20.4 Å². The number of amides is 1. The minimum Gasteiger partial charge on any atom is -0.507 e. The Balaban J connectivity index is 1.92. The molecule has 8 heteroatoms. The van der Waals surface area contributed by atoms with Gasteiger partial charge in [-0.3, -0.25) is 0 Å². The van der Waals surface area contributed by atoms with Crippen LogP contribution in [0.2, 0.25) is 0 Å². The van der Waals surface area contributed by atoms with Gasteiger partial charge in [0.15, 0.2) is 5.82 Å². The molecule has 2 heterocycles. The first kappa shape index (κ1) is 20.8. The topological polar surface area (TPSA) is 98.6 Å². The molecule has 2 aromatic carbocycles. The minimum atomic E-state index is -1.07. The van der Waals surface area contributed by atoms with Gasteiger partial charge in [-0.05, 0) is 42.2 Å². The van der Waals surface area contributed by atoms with E-state index in [1.165, 1.54) is 12.1 Å². The molecule has 1 saturated heterocycles. The van der Waals surface area contributed by atoms with Crippen LogP contribution >= 0.6 is 0 Å². The lowest BCUT2D eigenvalue weighted by atomic mass is 9.82. The number of anilines is 1. The Hall–Kier alpha value is -3.42. The lowest BCUT2D eigenvalue weighted by Crippen LogP contribution is -2.51. The second-order valence-electron chi connectivity index (χ2n) is 8.90. The summed E-state index contributed by atoms with van der Waals surface area (Å²) >= 11 is 0. The molecule has 3 N–H and O–H groups in total. The van der Waals surface area contributed by atoms with E-state index in [0.717, 1.165) is 0 Å². The van der Waals surface area contributed by atoms with Gasteiger partial charge in [-0.15, -0.1) is 0 Å². The van der Waals surface area contributed by atoms with E-state index in [9.17, 15) is 19.4 Å². The number of carbonyl (C=O) groups is 1. The Morgan fingerprint density at radius 3 is 2.61 bits per heavy atom. The molecule has 3 aromatic rings. The summed E-state index contributed by atoms with van der Waals surface area (Å²) < 4.78 is 14.2. The number of para-hydroxylation sites is 1. The Morgan fingerprint density at radius 1 is 1.19 bits per heavy atom. The monoisotopic (exact) mass is 424 g/mol. The number of phenols is 1. The van der Waals surface area contributed by atoms with Crippen molar-refractivity contribution in [3.05, 3.63) is 48.3 Å². The quantitative estimate of drug-likeness (QED) is 0.576. The van der Waals surface area contributed by atoms with Gasteiger partial charge in [0.2, 0.25) is 0 Å². The molecule has 31 heavy (non-hydrogen) atoms. The maximum atomic E-state index is 14.2. The van der Waals surface area contributed by atoms with Crippen molar-refractivity contribution in [2.45, 2.75) is 39.3 Å². The summed E-state index contributed by atoms with van der Waals surface area (Å²) in [6, 6.07) is 10.6. The second kappa shape index (κ2) is 7.68. The smallest absolute Gasteiger partial charge is 0.404 e. The Kier molecular flexibility index (Phi) is 5.16. The fourth-order valence-electron chi connectivity index (χ4n) is 4.50. The van der Waals surface area contributed by atoms with E-state index in [4.69, 9.17) is 4.98 Å². The number of nitrogens with one attached hydrogen (secondary N) is 1. The highest BCUT2D eigenvalue weighted by Gasteiger charge is 2.43. The molecule has 2 unspecified atom stereocenters. The predicted octanol–water partition coefficient (Wildman–Crippen LogP) is 4.40. The van der Waals surface area contributed by atoms with Gasteiger partial charge in [0.05, 0.1) is 23.2 Å². The third-order valence-corrected chi connectivity index (χ3v) is 5.65. The molecule has 1 fully saturated rings. The lowest BCUT2D eigenvalue weighted by Gasteiger charge is -2.39. The average molecular weight is 424 g/mol. The molecule has 0 saturated carbocycles. The fourth-order valence-corrected chi connectivity index (χ4v) is 4.50. The first-order chi connectivity index (χ1) is 14.6. The van der Waals surface area contributed by atoms with Crippen molar-refractivity contribution < 1.29 is 19.4 Å². The van der Waals surface area contributed by atoms with Crippen molar-refractivity contribution in [3.8, 4) is 17.1 Å². The van der Waals surface area contributed by atoms with Crippen molar-refractivity contribution in [1.82, 2.24) is 15.3 Å². The summed E-state index contributed by atoms with van der Waals surface area (Å²) in [4.78, 5) is 22.7. The summed E-state index contributed by atoms with van der Waals surface area (Å²) in [6.45, 7) is 6.68. The number of aromatic nitrogens is 2. The van der Waals surface area contributed by atoms with Gasteiger partial charge in [0, 0.05) is 11.9 Å². The normalized spacial score (nSPS) is 19.0. The molecule has 0 radical (unpaired) electrons. The zero-order valence-electron chi connectivity index (χ0n) is 17.6. The number of benzene rings is 2. The van der Waals surface area contributed by atoms with Crippen LogP contribution in [0.5, 0.6) is 5.75 Å². The van der Waals surface area contributed by atoms with Crippen LogP contribution in [0.3, 0.4) is 0 Å². The van der Waals surface area contributed by atoms with Crippen molar-refractivity contribution in [2.75, 3.05) is 11.4 Å². The van der Waals surface area contributed by atoms with Crippen molar-refractivity contribution in [2.24, 2.45) is 5.41 Å². The third-order valence-electron chi connectivity index (χ3n) is 5.65. The van der Waals surface area contributed by atoms with Crippen LogP contribution in [0.25, 0.3) is 22.3 Å². The van der Waals surface area contributed by atoms with Crippen molar-refractivity contribution >= 4 is 22.8 Å². The van der Waals surface area contributed by atoms with Crippen LogP contribution in [-0.2, 0) is 0 Å². The molecule has 162 valence electrons. The van der Waals surface area contributed by atoms with E-state index in [1.54, 1.807) is 30.3 Å². The van der Waals surface area contributed by atoms with Crippen LogP contribution < -0.4 is 10.2 Å². The molecule has 0 spiro atoms. The van der Waals surface area contributed by atoms with Crippen molar-refractivity contribution in [3.63, 3.8) is 0 Å². The molecule has 0 aliphatic carbocycles. The molecule has 1 aliphatic rings. The maximum Gasteiger partial charge on any atom is 0.404 e. The van der Waals surface area contributed by atoms with Gasteiger partial charge in [-0.25, -0.2) is 19.2 Å². The highest BCUT2D eigenvalue weighted by atomic mass is 19.1. The van der Waals surface area contributed by atoms with Gasteiger partial charge in [0.25, 0.3) is 0 Å². The summed E-state index contributed by atoms with van der Waals surface area (Å²) in [5.74, 6) is 0.500. The number of fused-ring (bicyclic) bond motifs is 1. The summed E-state index contributed by atoms with van der Waals surface area (Å²) in [5, 5.41) is 22.8. The van der Waals surface area contributed by atoms with Crippen LogP contribution in [0, 0.1) is 11.2 Å². The highest BCUT2D eigenvalue weighted by Crippen LogP contribution is 2.39. The minimum absolute atomic E-state index is 0.0501. The number of carboxylic acid groups (broad SMARTS) is 1. The molecule has 2 atom stereocenters. The molecule has 4 rings (SSSR count). The van der Waals surface area contributed by atoms with E-state index >= 15 is 0 Å². The summed E-state index contributed by atoms with van der Waals surface area (Å²) in [6.07, 6.45) is -0.476.